The third-order valence-corrected chi connectivity index (χ3v) is 4.10. The average molecular weight is 224 g/mol. The van der Waals surface area contributed by atoms with Gasteiger partial charge in [-0.05, 0) is 6.42 Å². The third-order valence-electron chi connectivity index (χ3n) is 2.34. The summed E-state index contributed by atoms with van der Waals surface area (Å²) in [5.41, 5.74) is 0. The van der Waals surface area contributed by atoms with Gasteiger partial charge in [0, 0.05) is 12.3 Å². The summed E-state index contributed by atoms with van der Waals surface area (Å²) in [5.74, 6) is -1.52. The van der Waals surface area contributed by atoms with Crippen LogP contribution in [0.25, 0.3) is 0 Å². The van der Waals surface area contributed by atoms with Crippen LogP contribution >= 0.6 is 0 Å². The maximum absolute atomic E-state index is 13.1. The quantitative estimate of drug-likeness (QED) is 0.648. The molecule has 1 rings (SSSR count). The molecule has 0 aromatic heterocycles. The molecule has 1 heterocycles. The van der Waals surface area contributed by atoms with Crippen molar-refractivity contribution in [3.8, 4) is 0 Å². The lowest BCUT2D eigenvalue weighted by molar-refractivity contribution is -0.140. The van der Waals surface area contributed by atoms with E-state index in [0.29, 0.717) is 0 Å². The van der Waals surface area contributed by atoms with E-state index in [1.807, 2.05) is 0 Å². The minimum absolute atomic E-state index is 0.0805. The van der Waals surface area contributed by atoms with E-state index < -0.39 is 33.6 Å². The van der Waals surface area contributed by atoms with E-state index in [4.69, 9.17) is 0 Å². The molecule has 14 heavy (non-hydrogen) atoms. The number of ether oxygens (including phenoxy) is 1. The van der Waals surface area contributed by atoms with Gasteiger partial charge in [0.15, 0.2) is 9.84 Å². The van der Waals surface area contributed by atoms with Crippen molar-refractivity contribution in [1.82, 2.24) is 0 Å². The largest absolute Gasteiger partial charge is 0.469 e. The van der Waals surface area contributed by atoms with Crippen molar-refractivity contribution < 1.29 is 22.3 Å². The molecular formula is C8H13FO4S. The van der Waals surface area contributed by atoms with Gasteiger partial charge in [-0.3, -0.25) is 4.79 Å². The molecule has 1 fully saturated rings. The monoisotopic (exact) mass is 224 g/mol. The lowest BCUT2D eigenvalue weighted by Gasteiger charge is -2.08. The van der Waals surface area contributed by atoms with Gasteiger partial charge in [-0.15, -0.1) is 0 Å². The molecule has 0 saturated carbocycles. The van der Waals surface area contributed by atoms with Crippen molar-refractivity contribution in [3.63, 3.8) is 0 Å². The zero-order valence-electron chi connectivity index (χ0n) is 7.90. The number of carbonyl (C=O) groups is 1. The first kappa shape index (κ1) is 11.4. The van der Waals surface area contributed by atoms with Gasteiger partial charge < -0.3 is 4.74 Å². The summed E-state index contributed by atoms with van der Waals surface area (Å²) < 4.78 is 39.5. The fraction of sp³-hybridized carbons (Fsp3) is 0.875. The predicted octanol–water partition coefficient (Wildman–Crippen LogP) is 0.322. The molecule has 1 aliphatic rings. The van der Waals surface area contributed by atoms with Crippen LogP contribution in [-0.2, 0) is 19.4 Å². The van der Waals surface area contributed by atoms with Gasteiger partial charge in [-0.2, -0.15) is 0 Å². The molecule has 0 spiro atoms. The zero-order valence-corrected chi connectivity index (χ0v) is 8.72. The second kappa shape index (κ2) is 4.25. The highest BCUT2D eigenvalue weighted by molar-refractivity contribution is 7.91. The van der Waals surface area contributed by atoms with Crippen molar-refractivity contribution in [1.29, 1.82) is 0 Å². The van der Waals surface area contributed by atoms with E-state index in [1.165, 1.54) is 7.11 Å². The molecule has 2 atom stereocenters. The molecule has 0 aromatic rings. The molecule has 0 aromatic carbocycles. The zero-order chi connectivity index (χ0) is 10.8. The van der Waals surface area contributed by atoms with Gasteiger partial charge >= 0.3 is 5.97 Å². The second-order valence-corrected chi connectivity index (χ2v) is 5.62. The number of esters is 1. The number of hydrogen-bond acceptors (Lipinski definition) is 4. The standard InChI is InChI=1S/C8H13FO4S/c1-13-8(10)3-2-6-4-14(11,12)5-7(6)9/h6-7H,2-5H2,1H3/t6-,7+/m0/s1. The van der Waals surface area contributed by atoms with Crippen LogP contribution in [0.15, 0.2) is 0 Å². The summed E-state index contributed by atoms with van der Waals surface area (Å²) in [4.78, 5) is 10.7. The summed E-state index contributed by atoms with van der Waals surface area (Å²) in [5, 5.41) is 0. The van der Waals surface area contributed by atoms with E-state index in [0.717, 1.165) is 0 Å². The highest BCUT2D eigenvalue weighted by Gasteiger charge is 2.37. The topological polar surface area (TPSA) is 60.4 Å². The molecule has 6 heteroatoms. The van der Waals surface area contributed by atoms with Crippen LogP contribution in [0.5, 0.6) is 0 Å². The Morgan fingerprint density at radius 1 is 1.50 bits per heavy atom. The molecule has 0 aliphatic carbocycles. The summed E-state index contributed by atoms with van der Waals surface area (Å²) in [6, 6.07) is 0. The number of methoxy groups -OCH3 is 1. The van der Waals surface area contributed by atoms with Crippen molar-refractivity contribution >= 4 is 15.8 Å². The van der Waals surface area contributed by atoms with Crippen LogP contribution in [0.1, 0.15) is 12.8 Å². The Kier molecular flexibility index (Phi) is 3.47. The number of rotatable bonds is 3. The summed E-state index contributed by atoms with van der Waals surface area (Å²) in [6.45, 7) is 0. The number of sulfone groups is 1. The van der Waals surface area contributed by atoms with Gasteiger partial charge in [-0.25, -0.2) is 12.8 Å². The Balaban J connectivity index is 2.44. The Hall–Kier alpha value is -0.650. The molecule has 1 aliphatic heterocycles. The number of hydrogen-bond donors (Lipinski definition) is 0. The van der Waals surface area contributed by atoms with E-state index in [-0.39, 0.29) is 18.6 Å². The molecule has 0 unspecified atom stereocenters. The maximum Gasteiger partial charge on any atom is 0.305 e. The molecule has 82 valence electrons. The highest BCUT2D eigenvalue weighted by Crippen LogP contribution is 2.26. The predicted molar refractivity (Wildman–Crippen MR) is 48.3 cm³/mol. The van der Waals surface area contributed by atoms with Crippen LogP contribution in [0, 0.1) is 5.92 Å². The van der Waals surface area contributed by atoms with Crippen molar-refractivity contribution in [2.45, 2.75) is 19.0 Å². The van der Waals surface area contributed by atoms with E-state index in [1.54, 1.807) is 0 Å². The van der Waals surface area contributed by atoms with Gasteiger partial charge in [0.2, 0.25) is 0 Å². The van der Waals surface area contributed by atoms with Crippen LogP contribution in [-0.4, -0.2) is 39.2 Å². The van der Waals surface area contributed by atoms with E-state index in [9.17, 15) is 17.6 Å². The lowest BCUT2D eigenvalue weighted by Crippen LogP contribution is -2.15. The fourth-order valence-electron chi connectivity index (χ4n) is 1.55. The van der Waals surface area contributed by atoms with Gasteiger partial charge in [-0.1, -0.05) is 0 Å². The van der Waals surface area contributed by atoms with Crippen LogP contribution in [0.2, 0.25) is 0 Å². The average Bonchev–Trinajstić information content (AvgIpc) is 2.35. The normalized spacial score (nSPS) is 30.1. The molecule has 4 nitrogen and oxygen atoms in total. The molecule has 0 bridgehead atoms. The van der Waals surface area contributed by atoms with E-state index >= 15 is 0 Å². The second-order valence-electron chi connectivity index (χ2n) is 3.47. The number of alkyl halides is 1. The number of halogens is 1. The van der Waals surface area contributed by atoms with E-state index in [2.05, 4.69) is 4.74 Å². The summed E-state index contributed by atoms with van der Waals surface area (Å²) in [7, 11) is -1.98. The number of carbonyl (C=O) groups excluding carboxylic acids is 1. The molecule has 0 amide bonds. The van der Waals surface area contributed by atoms with Crippen LogP contribution in [0.4, 0.5) is 4.39 Å². The van der Waals surface area contributed by atoms with Gasteiger partial charge in [0.1, 0.15) is 6.17 Å². The lowest BCUT2D eigenvalue weighted by atomic mass is 10.0. The van der Waals surface area contributed by atoms with Crippen molar-refractivity contribution in [2.24, 2.45) is 5.92 Å². The van der Waals surface area contributed by atoms with Gasteiger partial charge in [0.25, 0.3) is 0 Å². The Morgan fingerprint density at radius 3 is 2.57 bits per heavy atom. The van der Waals surface area contributed by atoms with Crippen molar-refractivity contribution in [3.05, 3.63) is 0 Å². The highest BCUT2D eigenvalue weighted by atomic mass is 32.2. The maximum atomic E-state index is 13.1. The smallest absolute Gasteiger partial charge is 0.305 e. The minimum Gasteiger partial charge on any atom is -0.469 e. The minimum atomic E-state index is -3.23. The molecule has 0 radical (unpaired) electrons. The molecule has 0 N–H and O–H groups in total. The molecular weight excluding hydrogens is 211 g/mol. The Morgan fingerprint density at radius 2 is 2.14 bits per heavy atom. The Labute approximate surface area is 82.4 Å². The van der Waals surface area contributed by atoms with Crippen LogP contribution < -0.4 is 0 Å². The van der Waals surface area contributed by atoms with Gasteiger partial charge in [0.05, 0.1) is 18.6 Å². The summed E-state index contributed by atoms with van der Waals surface area (Å²) >= 11 is 0. The summed E-state index contributed by atoms with van der Waals surface area (Å²) in [6.07, 6.45) is -1.01. The SMILES string of the molecule is COC(=O)CC[C@H]1CS(=O)(=O)C[C@H]1F. The van der Waals surface area contributed by atoms with Crippen LogP contribution in [0.3, 0.4) is 0 Å². The molecule has 1 saturated heterocycles. The first-order valence-corrected chi connectivity index (χ1v) is 6.18. The third kappa shape index (κ3) is 2.94. The van der Waals surface area contributed by atoms with Crippen molar-refractivity contribution in [2.75, 3.05) is 18.6 Å². The first-order chi connectivity index (χ1) is 6.44. The first-order valence-electron chi connectivity index (χ1n) is 4.36. The fourth-order valence-corrected chi connectivity index (χ4v) is 3.47. The Bertz CT molecular complexity index is 311.